The van der Waals surface area contributed by atoms with Crippen molar-refractivity contribution in [3.8, 4) is 0 Å². The van der Waals surface area contributed by atoms with Crippen molar-refractivity contribution in [3.05, 3.63) is 35.4 Å². The van der Waals surface area contributed by atoms with Crippen LogP contribution in [0.1, 0.15) is 32.4 Å². The van der Waals surface area contributed by atoms with E-state index in [1.807, 2.05) is 13.8 Å². The zero-order chi connectivity index (χ0) is 17.6. The minimum absolute atomic E-state index is 0.0469. The van der Waals surface area contributed by atoms with Gasteiger partial charge in [-0.1, -0.05) is 6.07 Å². The number of amides is 2. The Morgan fingerprint density at radius 3 is 2.17 bits per heavy atom. The minimum atomic E-state index is -0.699. The highest BCUT2D eigenvalue weighted by Crippen LogP contribution is 2.17. The van der Waals surface area contributed by atoms with Gasteiger partial charge in [0.25, 0.3) is 11.8 Å². The number of hydrogen-bond donors (Lipinski definition) is 3. The zero-order valence-electron chi connectivity index (χ0n) is 13.9. The summed E-state index contributed by atoms with van der Waals surface area (Å²) in [5.74, 6) is -1.81. The third-order valence-corrected chi connectivity index (χ3v) is 3.18. The van der Waals surface area contributed by atoms with E-state index in [0.717, 1.165) is 12.1 Å². The lowest BCUT2D eigenvalue weighted by atomic mass is 10.1. The van der Waals surface area contributed by atoms with Crippen LogP contribution in [-0.2, 0) is 9.59 Å². The molecule has 1 rings (SSSR count). The van der Waals surface area contributed by atoms with Gasteiger partial charge in [0.1, 0.15) is 11.6 Å². The van der Waals surface area contributed by atoms with Crippen molar-refractivity contribution in [1.82, 2.24) is 10.6 Å². The molecule has 23 heavy (non-hydrogen) atoms. The molecular formula is C16H24F2N3O2+. The fraction of sp³-hybridized carbons (Fsp3) is 0.500. The van der Waals surface area contributed by atoms with Crippen molar-refractivity contribution in [3.63, 3.8) is 0 Å². The molecule has 1 unspecified atom stereocenters. The third-order valence-electron chi connectivity index (χ3n) is 3.18. The van der Waals surface area contributed by atoms with E-state index in [1.165, 1.54) is 6.07 Å². The minimum Gasteiger partial charge on any atom is -0.349 e. The lowest BCUT2D eigenvalue weighted by Crippen LogP contribution is -3.11. The van der Waals surface area contributed by atoms with Crippen LogP contribution in [0.3, 0.4) is 0 Å². The van der Waals surface area contributed by atoms with Crippen molar-refractivity contribution in [2.45, 2.75) is 32.9 Å². The molecule has 0 aliphatic heterocycles. The molecular weight excluding hydrogens is 304 g/mol. The Kier molecular flexibility index (Phi) is 7.09. The van der Waals surface area contributed by atoms with E-state index in [2.05, 4.69) is 10.6 Å². The van der Waals surface area contributed by atoms with E-state index in [1.54, 1.807) is 14.0 Å². The summed E-state index contributed by atoms with van der Waals surface area (Å²) in [7, 11) is 1.72. The van der Waals surface area contributed by atoms with Crippen molar-refractivity contribution >= 4 is 11.8 Å². The Morgan fingerprint density at radius 2 is 1.65 bits per heavy atom. The van der Waals surface area contributed by atoms with Crippen LogP contribution < -0.4 is 15.5 Å². The molecule has 0 aliphatic carbocycles. The second-order valence-electron chi connectivity index (χ2n) is 5.99. The number of rotatable bonds is 7. The maximum Gasteiger partial charge on any atom is 0.275 e. The van der Waals surface area contributed by atoms with E-state index in [9.17, 15) is 18.4 Å². The Bertz CT molecular complexity index is 564. The monoisotopic (exact) mass is 328 g/mol. The van der Waals surface area contributed by atoms with Crippen LogP contribution in [0.2, 0.25) is 0 Å². The van der Waals surface area contributed by atoms with Crippen LogP contribution in [0, 0.1) is 11.6 Å². The largest absolute Gasteiger partial charge is 0.349 e. The molecule has 0 aromatic heterocycles. The summed E-state index contributed by atoms with van der Waals surface area (Å²) in [6.45, 7) is 5.59. The van der Waals surface area contributed by atoms with Crippen LogP contribution in [0.4, 0.5) is 8.78 Å². The van der Waals surface area contributed by atoms with Gasteiger partial charge in [-0.3, -0.25) is 9.59 Å². The van der Waals surface area contributed by atoms with Crippen molar-refractivity contribution in [2.24, 2.45) is 0 Å². The van der Waals surface area contributed by atoms with Gasteiger partial charge in [0.05, 0.1) is 13.1 Å². The average molecular weight is 328 g/mol. The quantitative estimate of drug-likeness (QED) is 0.669. The lowest BCUT2D eigenvalue weighted by molar-refractivity contribution is -0.862. The molecule has 0 fully saturated rings. The number of benzene rings is 1. The molecule has 128 valence electrons. The normalized spacial score (nSPS) is 13.5. The summed E-state index contributed by atoms with van der Waals surface area (Å²) >= 11 is 0. The van der Waals surface area contributed by atoms with Gasteiger partial charge < -0.3 is 15.5 Å². The molecule has 0 radical (unpaired) electrons. The number of quaternary nitrogens is 1. The number of nitrogens with one attached hydrogen (secondary N) is 3. The molecule has 0 saturated carbocycles. The highest BCUT2D eigenvalue weighted by Gasteiger charge is 2.18. The van der Waals surface area contributed by atoms with Gasteiger partial charge in [0.15, 0.2) is 13.1 Å². The summed E-state index contributed by atoms with van der Waals surface area (Å²) in [6, 6.07) is 2.70. The molecule has 3 N–H and O–H groups in total. The summed E-state index contributed by atoms with van der Waals surface area (Å²) < 4.78 is 26.5. The highest BCUT2D eigenvalue weighted by molar-refractivity contribution is 5.79. The number of hydrogen-bond acceptors (Lipinski definition) is 2. The van der Waals surface area contributed by atoms with Gasteiger partial charge in [0, 0.05) is 17.7 Å². The van der Waals surface area contributed by atoms with Crippen LogP contribution >= 0.6 is 0 Å². The van der Waals surface area contributed by atoms with Crippen molar-refractivity contribution < 1.29 is 23.3 Å². The molecule has 0 aliphatic rings. The van der Waals surface area contributed by atoms with E-state index in [0.29, 0.717) is 4.90 Å². The van der Waals surface area contributed by atoms with Crippen LogP contribution in [-0.4, -0.2) is 38.0 Å². The van der Waals surface area contributed by atoms with Gasteiger partial charge in [-0.05, 0) is 26.8 Å². The van der Waals surface area contributed by atoms with Gasteiger partial charge in [-0.25, -0.2) is 8.78 Å². The highest BCUT2D eigenvalue weighted by atomic mass is 19.1. The number of carbonyl (C=O) groups is 2. The summed E-state index contributed by atoms with van der Waals surface area (Å²) in [6.07, 6.45) is 0. The van der Waals surface area contributed by atoms with Crippen LogP contribution in [0.15, 0.2) is 18.2 Å². The average Bonchev–Trinajstić information content (AvgIpc) is 2.36. The number of likely N-dealkylation sites (N-methyl/N-ethyl adjacent to an activating group) is 1. The molecule has 2 amide bonds. The predicted octanol–water partition coefficient (Wildman–Crippen LogP) is 0.181. The van der Waals surface area contributed by atoms with Crippen LogP contribution in [0.25, 0.3) is 0 Å². The Hall–Kier alpha value is -2.02. The molecule has 7 heteroatoms. The first-order chi connectivity index (χ1) is 10.7. The Labute approximate surface area is 135 Å². The van der Waals surface area contributed by atoms with Crippen LogP contribution in [0.5, 0.6) is 0 Å². The fourth-order valence-electron chi connectivity index (χ4n) is 2.21. The topological polar surface area (TPSA) is 62.6 Å². The van der Waals surface area contributed by atoms with Gasteiger partial charge in [-0.2, -0.15) is 0 Å². The van der Waals surface area contributed by atoms with Gasteiger partial charge in [0.2, 0.25) is 0 Å². The second kappa shape index (κ2) is 8.57. The SMILES string of the molecule is CC(C)NC(=O)C[NH+](C)CC(=O)N[C@H](C)c1ccc(F)cc1F. The lowest BCUT2D eigenvalue weighted by Gasteiger charge is -2.18. The molecule has 1 aromatic rings. The van der Waals surface area contributed by atoms with E-state index in [4.69, 9.17) is 0 Å². The van der Waals surface area contributed by atoms with Gasteiger partial charge in [-0.15, -0.1) is 0 Å². The zero-order valence-corrected chi connectivity index (χ0v) is 13.9. The first-order valence-electron chi connectivity index (χ1n) is 7.54. The molecule has 0 heterocycles. The van der Waals surface area contributed by atoms with E-state index in [-0.39, 0.29) is 36.5 Å². The summed E-state index contributed by atoms with van der Waals surface area (Å²) in [5.41, 5.74) is 0.218. The van der Waals surface area contributed by atoms with E-state index >= 15 is 0 Å². The van der Waals surface area contributed by atoms with E-state index < -0.39 is 17.7 Å². The standard InChI is InChI=1S/C16H23F2N3O2/c1-10(2)19-15(22)8-21(4)9-16(23)20-11(3)13-6-5-12(17)7-14(13)18/h5-7,10-11H,8-9H2,1-4H3,(H,19,22)(H,20,23)/p+1/t11-/m1/s1. The maximum atomic E-state index is 13.7. The molecule has 0 spiro atoms. The maximum absolute atomic E-state index is 13.7. The summed E-state index contributed by atoms with van der Waals surface area (Å²) in [4.78, 5) is 24.3. The Balaban J connectivity index is 2.50. The fourth-order valence-corrected chi connectivity index (χ4v) is 2.21. The molecule has 2 atom stereocenters. The molecule has 1 aromatic carbocycles. The third kappa shape index (κ3) is 6.73. The van der Waals surface area contributed by atoms with Crippen molar-refractivity contribution in [2.75, 3.05) is 20.1 Å². The first kappa shape index (κ1) is 19.0. The molecule has 5 nitrogen and oxygen atoms in total. The predicted molar refractivity (Wildman–Crippen MR) is 82.8 cm³/mol. The smallest absolute Gasteiger partial charge is 0.275 e. The molecule has 0 saturated heterocycles. The second-order valence-corrected chi connectivity index (χ2v) is 5.99. The Morgan fingerprint density at radius 1 is 1.09 bits per heavy atom. The first-order valence-corrected chi connectivity index (χ1v) is 7.54. The molecule has 0 bridgehead atoms. The van der Waals surface area contributed by atoms with Gasteiger partial charge >= 0.3 is 0 Å². The summed E-state index contributed by atoms with van der Waals surface area (Å²) in [5, 5.41) is 5.40. The number of carbonyl (C=O) groups excluding carboxylic acids is 2. The van der Waals surface area contributed by atoms with Crippen molar-refractivity contribution in [1.29, 1.82) is 0 Å². The number of halogens is 2.